The van der Waals surface area contributed by atoms with Gasteiger partial charge in [-0.05, 0) is 47.9 Å². The van der Waals surface area contributed by atoms with Crippen LogP contribution >= 0.6 is 0 Å². The highest BCUT2D eigenvalue weighted by Crippen LogP contribution is 2.29. The largest absolute Gasteiger partial charge is 0.339 e. The van der Waals surface area contributed by atoms with Crippen molar-refractivity contribution in [2.45, 2.75) is 18.8 Å². The number of amides is 2. The first-order chi connectivity index (χ1) is 16.7. The monoisotopic (exact) mass is 449 g/mol. The lowest BCUT2D eigenvalue weighted by atomic mass is 9.97. The van der Waals surface area contributed by atoms with Crippen molar-refractivity contribution >= 4 is 33.4 Å². The molecule has 7 nitrogen and oxygen atoms in total. The van der Waals surface area contributed by atoms with Crippen LogP contribution in [0.15, 0.2) is 83.4 Å². The van der Waals surface area contributed by atoms with Crippen LogP contribution < -0.4 is 5.32 Å². The van der Waals surface area contributed by atoms with Gasteiger partial charge in [-0.2, -0.15) is 4.98 Å². The molecule has 3 heterocycles. The molecule has 0 atom stereocenters. The first kappa shape index (κ1) is 20.4. The number of urea groups is 1. The Kier molecular flexibility index (Phi) is 5.14. The molecule has 1 fully saturated rings. The number of benzene rings is 3. The maximum Gasteiger partial charge on any atom is 0.321 e. The Bertz CT molecular complexity index is 1490. The van der Waals surface area contributed by atoms with E-state index in [9.17, 15) is 4.79 Å². The molecule has 1 aliphatic rings. The van der Waals surface area contributed by atoms with E-state index in [2.05, 4.69) is 26.5 Å². The van der Waals surface area contributed by atoms with E-state index in [0.29, 0.717) is 30.5 Å². The number of aromatic nitrogens is 3. The number of hydrogen-bond acceptors (Lipinski definition) is 5. The van der Waals surface area contributed by atoms with Gasteiger partial charge in [0.1, 0.15) is 5.69 Å². The van der Waals surface area contributed by atoms with Crippen LogP contribution in [0.25, 0.3) is 33.2 Å². The van der Waals surface area contributed by atoms with Crippen molar-refractivity contribution in [3.05, 3.63) is 84.8 Å². The molecular weight excluding hydrogens is 426 g/mol. The minimum absolute atomic E-state index is 0.0830. The van der Waals surface area contributed by atoms with Crippen LogP contribution in [-0.4, -0.2) is 39.1 Å². The number of carbonyl (C=O) groups excluding carboxylic acids is 1. The van der Waals surface area contributed by atoms with Crippen LogP contribution in [-0.2, 0) is 0 Å². The van der Waals surface area contributed by atoms with Crippen molar-refractivity contribution in [3.8, 4) is 11.5 Å². The Hall–Kier alpha value is -4.26. The summed E-state index contributed by atoms with van der Waals surface area (Å²) >= 11 is 0. The number of anilines is 1. The predicted octanol–water partition coefficient (Wildman–Crippen LogP) is 5.85. The molecule has 0 bridgehead atoms. The molecule has 0 radical (unpaired) electrons. The Morgan fingerprint density at radius 1 is 0.853 bits per heavy atom. The number of piperidine rings is 1. The number of rotatable bonds is 3. The normalized spacial score (nSPS) is 14.5. The van der Waals surface area contributed by atoms with Crippen molar-refractivity contribution in [1.82, 2.24) is 20.0 Å². The molecule has 0 aliphatic carbocycles. The zero-order chi connectivity index (χ0) is 22.9. The number of hydrogen-bond donors (Lipinski definition) is 1. The van der Waals surface area contributed by atoms with Crippen molar-refractivity contribution in [2.75, 3.05) is 18.4 Å². The average Bonchev–Trinajstić information content (AvgIpc) is 3.39. The summed E-state index contributed by atoms with van der Waals surface area (Å²) < 4.78 is 5.58. The fraction of sp³-hybridized carbons (Fsp3) is 0.185. The van der Waals surface area contributed by atoms with Crippen LogP contribution in [0.2, 0.25) is 0 Å². The van der Waals surface area contributed by atoms with Gasteiger partial charge in [0.2, 0.25) is 11.7 Å². The van der Waals surface area contributed by atoms with E-state index >= 15 is 0 Å². The summed E-state index contributed by atoms with van der Waals surface area (Å²) in [5.74, 6) is 1.24. The second kappa shape index (κ2) is 8.59. The van der Waals surface area contributed by atoms with E-state index < -0.39 is 0 Å². The highest BCUT2D eigenvalue weighted by Gasteiger charge is 2.28. The van der Waals surface area contributed by atoms with Gasteiger partial charge in [0.05, 0.1) is 5.52 Å². The highest BCUT2D eigenvalue weighted by molar-refractivity contribution is 5.93. The van der Waals surface area contributed by atoms with Gasteiger partial charge in [0.25, 0.3) is 0 Å². The molecule has 2 aromatic heterocycles. The topological polar surface area (TPSA) is 84.2 Å². The van der Waals surface area contributed by atoms with Crippen molar-refractivity contribution < 1.29 is 9.32 Å². The number of nitrogens with zero attached hydrogens (tertiary/aromatic N) is 4. The van der Waals surface area contributed by atoms with E-state index in [0.717, 1.165) is 40.2 Å². The molecule has 6 rings (SSSR count). The molecular formula is C27H23N5O2. The minimum atomic E-state index is -0.0830. The van der Waals surface area contributed by atoms with Crippen LogP contribution in [0.4, 0.5) is 10.5 Å². The fourth-order valence-corrected chi connectivity index (χ4v) is 4.49. The number of likely N-dealkylation sites (tertiary alicyclic amines) is 1. The molecule has 1 saturated heterocycles. The SMILES string of the molecule is O=C(Nc1ccc2ccccc2c1)N1CCC(c2nc(-c3ccc4ccccc4n3)no2)CC1. The minimum Gasteiger partial charge on any atom is -0.339 e. The van der Waals surface area contributed by atoms with E-state index in [4.69, 9.17) is 4.52 Å². The molecule has 34 heavy (non-hydrogen) atoms. The zero-order valence-electron chi connectivity index (χ0n) is 18.5. The van der Waals surface area contributed by atoms with Crippen LogP contribution in [0.1, 0.15) is 24.7 Å². The number of fused-ring (bicyclic) bond motifs is 2. The molecule has 168 valence electrons. The summed E-state index contributed by atoms with van der Waals surface area (Å²) in [5, 5.41) is 10.5. The Labute approximate surface area is 196 Å². The van der Waals surface area contributed by atoms with Gasteiger partial charge >= 0.3 is 6.03 Å². The van der Waals surface area contributed by atoms with Gasteiger partial charge in [0, 0.05) is 30.1 Å². The Balaban J connectivity index is 1.10. The third kappa shape index (κ3) is 3.96. The second-order valence-electron chi connectivity index (χ2n) is 8.60. The third-order valence-electron chi connectivity index (χ3n) is 6.40. The van der Waals surface area contributed by atoms with Gasteiger partial charge < -0.3 is 14.7 Å². The summed E-state index contributed by atoms with van der Waals surface area (Å²) in [5.41, 5.74) is 2.40. The standard InChI is InChI=1S/C27H23N5O2/c33-27(28-22-11-9-18-5-1-2-7-21(18)17-22)32-15-13-20(14-16-32)26-30-25(31-34-26)24-12-10-19-6-3-4-8-23(19)29-24/h1-12,17,20H,13-16H2,(H,28,33). The smallest absolute Gasteiger partial charge is 0.321 e. The van der Waals surface area contributed by atoms with E-state index in [1.54, 1.807) is 0 Å². The number of pyridine rings is 1. The molecule has 7 heteroatoms. The molecule has 3 aromatic carbocycles. The lowest BCUT2D eigenvalue weighted by Crippen LogP contribution is -2.40. The van der Waals surface area contributed by atoms with Gasteiger partial charge in [0.15, 0.2) is 0 Å². The van der Waals surface area contributed by atoms with Crippen molar-refractivity contribution in [3.63, 3.8) is 0 Å². The van der Waals surface area contributed by atoms with E-state index in [1.807, 2.05) is 77.7 Å². The lowest BCUT2D eigenvalue weighted by molar-refractivity contribution is 0.187. The van der Waals surface area contributed by atoms with Crippen molar-refractivity contribution in [2.24, 2.45) is 0 Å². The molecule has 2 amide bonds. The third-order valence-corrected chi connectivity index (χ3v) is 6.40. The molecule has 1 N–H and O–H groups in total. The van der Waals surface area contributed by atoms with Crippen LogP contribution in [0, 0.1) is 0 Å². The predicted molar refractivity (Wildman–Crippen MR) is 132 cm³/mol. The first-order valence-electron chi connectivity index (χ1n) is 11.5. The number of carbonyl (C=O) groups is 1. The zero-order valence-corrected chi connectivity index (χ0v) is 18.5. The van der Waals surface area contributed by atoms with Crippen LogP contribution in [0.3, 0.4) is 0 Å². The Morgan fingerprint density at radius 3 is 2.44 bits per heavy atom. The van der Waals surface area contributed by atoms with Gasteiger partial charge in [-0.1, -0.05) is 59.8 Å². The average molecular weight is 450 g/mol. The fourth-order valence-electron chi connectivity index (χ4n) is 4.49. The van der Waals surface area contributed by atoms with E-state index in [-0.39, 0.29) is 11.9 Å². The van der Waals surface area contributed by atoms with E-state index in [1.165, 1.54) is 0 Å². The van der Waals surface area contributed by atoms with Crippen molar-refractivity contribution in [1.29, 1.82) is 0 Å². The Morgan fingerprint density at radius 2 is 1.59 bits per heavy atom. The van der Waals surface area contributed by atoms with Crippen LogP contribution in [0.5, 0.6) is 0 Å². The quantitative estimate of drug-likeness (QED) is 0.374. The maximum atomic E-state index is 12.8. The molecule has 0 saturated carbocycles. The number of nitrogens with one attached hydrogen (secondary N) is 1. The summed E-state index contributed by atoms with van der Waals surface area (Å²) in [4.78, 5) is 23.9. The molecule has 1 aliphatic heterocycles. The van der Waals surface area contributed by atoms with Gasteiger partial charge in [-0.25, -0.2) is 9.78 Å². The summed E-state index contributed by atoms with van der Waals surface area (Å²) in [6.45, 7) is 1.27. The summed E-state index contributed by atoms with van der Waals surface area (Å²) in [7, 11) is 0. The summed E-state index contributed by atoms with van der Waals surface area (Å²) in [6.07, 6.45) is 1.55. The second-order valence-corrected chi connectivity index (χ2v) is 8.60. The molecule has 0 unspecified atom stereocenters. The van der Waals surface area contributed by atoms with Gasteiger partial charge in [-0.15, -0.1) is 0 Å². The lowest BCUT2D eigenvalue weighted by Gasteiger charge is -2.30. The maximum absolute atomic E-state index is 12.8. The van der Waals surface area contributed by atoms with Gasteiger partial charge in [-0.3, -0.25) is 0 Å². The highest BCUT2D eigenvalue weighted by atomic mass is 16.5. The number of para-hydroxylation sites is 1. The first-order valence-corrected chi connectivity index (χ1v) is 11.5. The summed E-state index contributed by atoms with van der Waals surface area (Å²) in [6, 6.07) is 25.9. The molecule has 0 spiro atoms. The molecule has 5 aromatic rings.